The zero-order valence-corrected chi connectivity index (χ0v) is 14.9. The van der Waals surface area contributed by atoms with Crippen LogP contribution in [-0.4, -0.2) is 43.2 Å². The van der Waals surface area contributed by atoms with E-state index in [1.54, 1.807) is 0 Å². The Labute approximate surface area is 152 Å². The third kappa shape index (κ3) is 3.20. The van der Waals surface area contributed by atoms with Crippen LogP contribution in [-0.2, 0) is 0 Å². The third-order valence-electron chi connectivity index (χ3n) is 4.56. The lowest BCUT2D eigenvalue weighted by Crippen LogP contribution is -2.47. The molecule has 25 heavy (non-hydrogen) atoms. The molecule has 2 heterocycles. The lowest BCUT2D eigenvalue weighted by atomic mass is 10.2. The molecule has 1 aliphatic rings. The summed E-state index contributed by atoms with van der Waals surface area (Å²) in [5, 5.41) is 5.01. The second-order valence-corrected chi connectivity index (χ2v) is 6.53. The zero-order valence-electron chi connectivity index (χ0n) is 14.1. The molecular formula is C19H20ClN5. The lowest BCUT2D eigenvalue weighted by molar-refractivity contribution is 0.641. The van der Waals surface area contributed by atoms with Gasteiger partial charge < -0.3 is 15.1 Å². The van der Waals surface area contributed by atoms with E-state index in [-0.39, 0.29) is 0 Å². The molecule has 1 fully saturated rings. The molecule has 128 valence electrons. The monoisotopic (exact) mass is 353 g/mol. The number of aromatic nitrogens is 2. The molecule has 1 aliphatic heterocycles. The van der Waals surface area contributed by atoms with Crippen molar-refractivity contribution < 1.29 is 0 Å². The van der Waals surface area contributed by atoms with E-state index >= 15 is 0 Å². The first-order valence-corrected chi connectivity index (χ1v) is 8.82. The van der Waals surface area contributed by atoms with Crippen molar-refractivity contribution in [3.8, 4) is 0 Å². The Morgan fingerprint density at radius 1 is 0.920 bits per heavy atom. The number of piperazine rings is 1. The van der Waals surface area contributed by atoms with E-state index in [9.17, 15) is 0 Å². The summed E-state index contributed by atoms with van der Waals surface area (Å²) in [6, 6.07) is 16.1. The Morgan fingerprint density at radius 2 is 1.68 bits per heavy atom. The Balaban J connectivity index is 1.55. The van der Waals surface area contributed by atoms with Crippen LogP contribution in [0, 0.1) is 0 Å². The standard InChI is InChI=1S/C19H20ClN5/c1-21-18-16-7-2-3-8-17(16)22-19(23-18)25-11-9-24(10-12-25)15-6-4-5-14(20)13-15/h2-8,13H,9-12H2,1H3,(H,21,22,23). The third-order valence-corrected chi connectivity index (χ3v) is 4.80. The molecule has 0 amide bonds. The van der Waals surface area contributed by atoms with Crippen LogP contribution in [0.25, 0.3) is 10.9 Å². The van der Waals surface area contributed by atoms with Crippen molar-refractivity contribution in [1.82, 2.24) is 9.97 Å². The first-order chi connectivity index (χ1) is 12.2. The van der Waals surface area contributed by atoms with E-state index in [4.69, 9.17) is 21.6 Å². The zero-order chi connectivity index (χ0) is 17.2. The molecule has 1 N–H and O–H groups in total. The highest BCUT2D eigenvalue weighted by Crippen LogP contribution is 2.25. The number of rotatable bonds is 3. The molecular weight excluding hydrogens is 334 g/mol. The average Bonchev–Trinajstić information content (AvgIpc) is 2.67. The van der Waals surface area contributed by atoms with Gasteiger partial charge in [0.05, 0.1) is 5.52 Å². The number of hydrogen-bond donors (Lipinski definition) is 1. The smallest absolute Gasteiger partial charge is 0.228 e. The van der Waals surface area contributed by atoms with Gasteiger partial charge in [-0.3, -0.25) is 0 Å². The van der Waals surface area contributed by atoms with Crippen LogP contribution in [0.5, 0.6) is 0 Å². The van der Waals surface area contributed by atoms with Gasteiger partial charge in [-0.2, -0.15) is 4.98 Å². The van der Waals surface area contributed by atoms with Gasteiger partial charge in [0.15, 0.2) is 0 Å². The lowest BCUT2D eigenvalue weighted by Gasteiger charge is -2.36. The highest BCUT2D eigenvalue weighted by molar-refractivity contribution is 6.30. The van der Waals surface area contributed by atoms with Gasteiger partial charge in [-0.1, -0.05) is 29.8 Å². The van der Waals surface area contributed by atoms with Gasteiger partial charge in [0.2, 0.25) is 5.95 Å². The Kier molecular flexibility index (Phi) is 4.32. The van der Waals surface area contributed by atoms with Gasteiger partial charge in [0.1, 0.15) is 5.82 Å². The highest BCUT2D eigenvalue weighted by Gasteiger charge is 2.20. The van der Waals surface area contributed by atoms with E-state index in [0.29, 0.717) is 0 Å². The highest BCUT2D eigenvalue weighted by atomic mass is 35.5. The maximum atomic E-state index is 6.11. The number of fused-ring (bicyclic) bond motifs is 1. The molecule has 0 aliphatic carbocycles. The summed E-state index contributed by atoms with van der Waals surface area (Å²) in [6.07, 6.45) is 0. The van der Waals surface area contributed by atoms with Gasteiger partial charge in [-0.05, 0) is 30.3 Å². The molecule has 2 aromatic carbocycles. The van der Waals surface area contributed by atoms with Crippen LogP contribution in [0.15, 0.2) is 48.5 Å². The summed E-state index contributed by atoms with van der Waals surface area (Å²) in [7, 11) is 1.90. The van der Waals surface area contributed by atoms with E-state index in [0.717, 1.165) is 53.9 Å². The maximum Gasteiger partial charge on any atom is 0.228 e. The first-order valence-electron chi connectivity index (χ1n) is 8.44. The van der Waals surface area contributed by atoms with Crippen LogP contribution in [0.1, 0.15) is 0 Å². The minimum atomic E-state index is 0.774. The summed E-state index contributed by atoms with van der Waals surface area (Å²) in [4.78, 5) is 14.1. The molecule has 0 atom stereocenters. The van der Waals surface area contributed by atoms with Gasteiger partial charge in [-0.25, -0.2) is 4.98 Å². The van der Waals surface area contributed by atoms with Gasteiger partial charge in [0, 0.05) is 49.3 Å². The van der Waals surface area contributed by atoms with Crippen molar-refractivity contribution in [2.75, 3.05) is 48.3 Å². The molecule has 0 spiro atoms. The number of anilines is 3. The Hall–Kier alpha value is -2.53. The summed E-state index contributed by atoms with van der Waals surface area (Å²) >= 11 is 6.11. The van der Waals surface area contributed by atoms with Gasteiger partial charge in [-0.15, -0.1) is 0 Å². The second-order valence-electron chi connectivity index (χ2n) is 6.09. The van der Waals surface area contributed by atoms with Crippen molar-refractivity contribution >= 4 is 40.0 Å². The van der Waals surface area contributed by atoms with Crippen LogP contribution >= 0.6 is 11.6 Å². The molecule has 1 aromatic heterocycles. The number of nitrogens with one attached hydrogen (secondary N) is 1. The van der Waals surface area contributed by atoms with E-state index in [1.807, 2.05) is 49.5 Å². The van der Waals surface area contributed by atoms with Crippen LogP contribution in [0.4, 0.5) is 17.5 Å². The SMILES string of the molecule is CNc1nc(N2CCN(c3cccc(Cl)c3)CC2)nc2ccccc12. The molecule has 1 saturated heterocycles. The molecule has 6 heteroatoms. The minimum Gasteiger partial charge on any atom is -0.372 e. The fourth-order valence-electron chi connectivity index (χ4n) is 3.23. The molecule has 5 nitrogen and oxygen atoms in total. The van der Waals surface area contributed by atoms with Crippen molar-refractivity contribution in [2.45, 2.75) is 0 Å². The fourth-order valence-corrected chi connectivity index (χ4v) is 3.42. The first kappa shape index (κ1) is 16.0. The summed E-state index contributed by atoms with van der Waals surface area (Å²) < 4.78 is 0. The normalized spacial score (nSPS) is 14.8. The quantitative estimate of drug-likeness (QED) is 0.778. The predicted molar refractivity (Wildman–Crippen MR) is 105 cm³/mol. The predicted octanol–water partition coefficient (Wildman–Crippen LogP) is 3.65. The molecule has 0 radical (unpaired) electrons. The van der Waals surface area contributed by atoms with Crippen LogP contribution in [0.2, 0.25) is 5.02 Å². The number of benzene rings is 2. The summed E-state index contributed by atoms with van der Waals surface area (Å²) in [6.45, 7) is 3.61. The maximum absolute atomic E-state index is 6.11. The van der Waals surface area contributed by atoms with E-state index in [2.05, 4.69) is 21.2 Å². The van der Waals surface area contributed by atoms with Gasteiger partial charge >= 0.3 is 0 Å². The number of hydrogen-bond acceptors (Lipinski definition) is 5. The summed E-state index contributed by atoms with van der Waals surface area (Å²) in [5.41, 5.74) is 2.14. The second kappa shape index (κ2) is 6.76. The van der Waals surface area contributed by atoms with Gasteiger partial charge in [0.25, 0.3) is 0 Å². The molecule has 0 unspecified atom stereocenters. The fraction of sp³-hybridized carbons (Fsp3) is 0.263. The number of halogens is 1. The summed E-state index contributed by atoms with van der Waals surface area (Å²) in [5.74, 6) is 1.66. The molecule has 4 rings (SSSR count). The largest absolute Gasteiger partial charge is 0.372 e. The Bertz CT molecular complexity index is 890. The number of para-hydroxylation sites is 1. The Morgan fingerprint density at radius 3 is 2.44 bits per heavy atom. The van der Waals surface area contributed by atoms with Crippen molar-refractivity contribution in [3.63, 3.8) is 0 Å². The number of nitrogens with zero attached hydrogens (tertiary/aromatic N) is 4. The van der Waals surface area contributed by atoms with E-state index in [1.165, 1.54) is 5.69 Å². The van der Waals surface area contributed by atoms with E-state index < -0.39 is 0 Å². The average molecular weight is 354 g/mol. The van der Waals surface area contributed by atoms with Crippen LogP contribution < -0.4 is 15.1 Å². The minimum absolute atomic E-state index is 0.774. The molecule has 0 saturated carbocycles. The van der Waals surface area contributed by atoms with Crippen molar-refractivity contribution in [1.29, 1.82) is 0 Å². The van der Waals surface area contributed by atoms with Crippen molar-refractivity contribution in [2.24, 2.45) is 0 Å². The molecule has 3 aromatic rings. The van der Waals surface area contributed by atoms with Crippen molar-refractivity contribution in [3.05, 3.63) is 53.6 Å². The molecule has 0 bridgehead atoms. The van der Waals surface area contributed by atoms with Crippen LogP contribution in [0.3, 0.4) is 0 Å². The topological polar surface area (TPSA) is 44.3 Å².